The summed E-state index contributed by atoms with van der Waals surface area (Å²) in [6, 6.07) is 15.3. The lowest BCUT2D eigenvalue weighted by molar-refractivity contribution is 0.618. The van der Waals surface area contributed by atoms with E-state index in [4.69, 9.17) is 0 Å². The van der Waals surface area contributed by atoms with E-state index in [0.717, 1.165) is 22.0 Å². The van der Waals surface area contributed by atoms with E-state index < -0.39 is 0 Å². The number of fused-ring (bicyclic) bond motifs is 1. The molecule has 2 aromatic carbocycles. The van der Waals surface area contributed by atoms with Gasteiger partial charge in [0.2, 0.25) is 0 Å². The van der Waals surface area contributed by atoms with Crippen LogP contribution in [0.25, 0.3) is 22.9 Å². The zero-order valence-electron chi connectivity index (χ0n) is 11.2. The molecule has 0 fully saturated rings. The summed E-state index contributed by atoms with van der Waals surface area (Å²) < 4.78 is 13.5. The number of benzene rings is 2. The maximum absolute atomic E-state index is 13.5. The molecule has 0 bridgehead atoms. The highest BCUT2D eigenvalue weighted by Gasteiger charge is 1.99. The zero-order chi connectivity index (χ0) is 13.9. The number of aromatic nitrogens is 1. The number of halogens is 1. The molecule has 0 aliphatic carbocycles. The average molecular weight is 263 g/mol. The van der Waals surface area contributed by atoms with Gasteiger partial charge >= 0.3 is 0 Å². The van der Waals surface area contributed by atoms with Gasteiger partial charge in [-0.05, 0) is 41.6 Å². The van der Waals surface area contributed by atoms with Gasteiger partial charge in [-0.1, -0.05) is 42.5 Å². The van der Waals surface area contributed by atoms with Gasteiger partial charge in [-0.3, -0.25) is 4.98 Å². The first-order chi connectivity index (χ1) is 9.74. The molecule has 2 heteroatoms. The first kappa shape index (κ1) is 12.5. The van der Waals surface area contributed by atoms with Gasteiger partial charge < -0.3 is 0 Å². The second-order valence-electron chi connectivity index (χ2n) is 4.76. The molecule has 3 aromatic rings. The van der Waals surface area contributed by atoms with Crippen molar-refractivity contribution in [2.45, 2.75) is 6.92 Å². The maximum Gasteiger partial charge on any atom is 0.126 e. The minimum Gasteiger partial charge on any atom is -0.256 e. The molecule has 1 nitrogen and oxygen atoms in total. The molecular weight excluding hydrogens is 249 g/mol. The van der Waals surface area contributed by atoms with Gasteiger partial charge in [0.05, 0.1) is 5.69 Å². The molecule has 0 N–H and O–H groups in total. The van der Waals surface area contributed by atoms with E-state index in [1.54, 1.807) is 19.2 Å². The molecule has 98 valence electrons. The second-order valence-corrected chi connectivity index (χ2v) is 4.76. The van der Waals surface area contributed by atoms with E-state index in [-0.39, 0.29) is 5.82 Å². The molecule has 0 saturated carbocycles. The van der Waals surface area contributed by atoms with Gasteiger partial charge in [0.25, 0.3) is 0 Å². The Morgan fingerprint density at radius 1 is 1.00 bits per heavy atom. The summed E-state index contributed by atoms with van der Waals surface area (Å²) in [5.74, 6) is -0.182. The van der Waals surface area contributed by atoms with Crippen molar-refractivity contribution in [3.05, 3.63) is 77.4 Å². The molecule has 1 heterocycles. The molecule has 0 amide bonds. The summed E-state index contributed by atoms with van der Waals surface area (Å²) in [6.45, 7) is 1.76. The summed E-state index contributed by atoms with van der Waals surface area (Å²) in [4.78, 5) is 4.38. The molecule has 0 saturated heterocycles. The first-order valence-electron chi connectivity index (χ1n) is 6.52. The quantitative estimate of drug-likeness (QED) is 0.644. The van der Waals surface area contributed by atoms with Gasteiger partial charge in [0.1, 0.15) is 5.82 Å². The lowest BCUT2D eigenvalue weighted by Gasteiger charge is -2.01. The molecule has 0 spiro atoms. The standard InChI is InChI=1S/C18H14FN/c1-13-6-7-14(12-17(13)19)8-9-18-16-5-3-2-4-15(16)10-11-20-18/h2-12H,1H3. The number of rotatable bonds is 2. The smallest absolute Gasteiger partial charge is 0.126 e. The Hall–Kier alpha value is -2.48. The highest BCUT2D eigenvalue weighted by molar-refractivity contribution is 5.90. The lowest BCUT2D eigenvalue weighted by Crippen LogP contribution is -1.84. The molecule has 0 atom stereocenters. The van der Waals surface area contributed by atoms with Crippen LogP contribution in [0.1, 0.15) is 16.8 Å². The Kier molecular flexibility index (Phi) is 3.30. The van der Waals surface area contributed by atoms with Gasteiger partial charge in [-0.2, -0.15) is 0 Å². The van der Waals surface area contributed by atoms with E-state index >= 15 is 0 Å². The van der Waals surface area contributed by atoms with Crippen LogP contribution in [0, 0.1) is 12.7 Å². The van der Waals surface area contributed by atoms with Crippen molar-refractivity contribution in [1.82, 2.24) is 4.98 Å². The van der Waals surface area contributed by atoms with Crippen LogP contribution in [0.2, 0.25) is 0 Å². The van der Waals surface area contributed by atoms with Gasteiger partial charge in [-0.25, -0.2) is 4.39 Å². The van der Waals surface area contributed by atoms with Crippen LogP contribution >= 0.6 is 0 Å². The Morgan fingerprint density at radius 3 is 2.70 bits per heavy atom. The number of hydrogen-bond acceptors (Lipinski definition) is 1. The third-order valence-corrected chi connectivity index (χ3v) is 3.33. The van der Waals surface area contributed by atoms with Crippen molar-refractivity contribution in [2.24, 2.45) is 0 Å². The predicted octanol–water partition coefficient (Wildman–Crippen LogP) is 4.85. The largest absolute Gasteiger partial charge is 0.256 e. The molecule has 0 unspecified atom stereocenters. The fourth-order valence-corrected chi connectivity index (χ4v) is 2.16. The third kappa shape index (κ3) is 2.45. The van der Waals surface area contributed by atoms with Crippen LogP contribution in [0.15, 0.2) is 54.7 Å². The van der Waals surface area contributed by atoms with E-state index in [1.165, 1.54) is 6.07 Å². The van der Waals surface area contributed by atoms with Crippen LogP contribution in [0.3, 0.4) is 0 Å². The Balaban J connectivity index is 2.00. The van der Waals surface area contributed by atoms with Gasteiger partial charge in [-0.15, -0.1) is 0 Å². The summed E-state index contributed by atoms with van der Waals surface area (Å²) in [5.41, 5.74) is 2.39. The Labute approximate surface area is 117 Å². The number of nitrogens with zero attached hydrogens (tertiary/aromatic N) is 1. The number of pyridine rings is 1. The topological polar surface area (TPSA) is 12.9 Å². The van der Waals surface area contributed by atoms with Crippen molar-refractivity contribution < 1.29 is 4.39 Å². The molecule has 20 heavy (non-hydrogen) atoms. The SMILES string of the molecule is Cc1ccc(C=Cc2nccc3ccccc23)cc1F. The minimum absolute atomic E-state index is 0.182. The number of hydrogen-bond donors (Lipinski definition) is 0. The van der Waals surface area contributed by atoms with Gasteiger partial charge in [0.15, 0.2) is 0 Å². The maximum atomic E-state index is 13.5. The lowest BCUT2D eigenvalue weighted by atomic mass is 10.1. The highest BCUT2D eigenvalue weighted by Crippen LogP contribution is 2.19. The highest BCUT2D eigenvalue weighted by atomic mass is 19.1. The molecular formula is C18H14FN. The van der Waals surface area contributed by atoms with Crippen molar-refractivity contribution in [1.29, 1.82) is 0 Å². The zero-order valence-corrected chi connectivity index (χ0v) is 11.2. The monoisotopic (exact) mass is 263 g/mol. The van der Waals surface area contributed by atoms with E-state index in [0.29, 0.717) is 5.56 Å². The fourth-order valence-electron chi connectivity index (χ4n) is 2.16. The van der Waals surface area contributed by atoms with E-state index in [9.17, 15) is 4.39 Å². The molecule has 0 radical (unpaired) electrons. The minimum atomic E-state index is -0.182. The summed E-state index contributed by atoms with van der Waals surface area (Å²) in [5, 5.41) is 2.25. The van der Waals surface area contributed by atoms with Crippen molar-refractivity contribution in [2.75, 3.05) is 0 Å². The van der Waals surface area contributed by atoms with Crippen molar-refractivity contribution >= 4 is 22.9 Å². The van der Waals surface area contributed by atoms with Crippen LogP contribution < -0.4 is 0 Å². The number of aryl methyl sites for hydroxylation is 1. The first-order valence-corrected chi connectivity index (χ1v) is 6.52. The normalized spacial score (nSPS) is 11.3. The Morgan fingerprint density at radius 2 is 1.85 bits per heavy atom. The molecule has 0 aliphatic heterocycles. The van der Waals surface area contributed by atoms with Crippen LogP contribution in [-0.2, 0) is 0 Å². The summed E-state index contributed by atoms with van der Waals surface area (Å²) in [7, 11) is 0. The molecule has 3 rings (SSSR count). The van der Waals surface area contributed by atoms with E-state index in [2.05, 4.69) is 11.1 Å². The predicted molar refractivity (Wildman–Crippen MR) is 81.8 cm³/mol. The van der Waals surface area contributed by atoms with Crippen LogP contribution in [-0.4, -0.2) is 4.98 Å². The van der Waals surface area contributed by atoms with Crippen molar-refractivity contribution in [3.8, 4) is 0 Å². The Bertz CT molecular complexity index is 785. The van der Waals surface area contributed by atoms with E-state index in [1.807, 2.05) is 42.5 Å². The van der Waals surface area contributed by atoms with Gasteiger partial charge in [0, 0.05) is 11.6 Å². The fraction of sp³-hybridized carbons (Fsp3) is 0.0556. The molecule has 0 aliphatic rings. The van der Waals surface area contributed by atoms with Crippen LogP contribution in [0.5, 0.6) is 0 Å². The average Bonchev–Trinajstić information content (AvgIpc) is 2.48. The summed E-state index contributed by atoms with van der Waals surface area (Å²) in [6.07, 6.45) is 5.60. The second kappa shape index (κ2) is 5.25. The molecule has 1 aromatic heterocycles. The van der Waals surface area contributed by atoms with Crippen LogP contribution in [0.4, 0.5) is 4.39 Å². The summed E-state index contributed by atoms with van der Waals surface area (Å²) >= 11 is 0. The van der Waals surface area contributed by atoms with Crippen molar-refractivity contribution in [3.63, 3.8) is 0 Å². The third-order valence-electron chi connectivity index (χ3n) is 3.33.